The van der Waals surface area contributed by atoms with Crippen LogP contribution in [0.25, 0.3) is 5.69 Å². The van der Waals surface area contributed by atoms with Crippen molar-refractivity contribution >= 4 is 5.78 Å². The molecule has 0 amide bonds. The Morgan fingerprint density at radius 3 is 2.65 bits per heavy atom. The highest BCUT2D eigenvalue weighted by molar-refractivity contribution is 5.99. The molecule has 3 rings (SSSR count). The van der Waals surface area contributed by atoms with E-state index in [0.717, 1.165) is 18.4 Å². The molecule has 1 heterocycles. The highest BCUT2D eigenvalue weighted by atomic mass is 16.1. The zero-order chi connectivity index (χ0) is 14.3. The van der Waals surface area contributed by atoms with Crippen LogP contribution in [0.15, 0.2) is 36.5 Å². The van der Waals surface area contributed by atoms with Gasteiger partial charge in [-0.1, -0.05) is 39.0 Å². The van der Waals surface area contributed by atoms with Crippen molar-refractivity contribution in [2.45, 2.75) is 40.0 Å². The van der Waals surface area contributed by atoms with Gasteiger partial charge < -0.3 is 4.57 Å². The molecule has 1 aliphatic rings. The molecule has 0 unspecified atom stereocenters. The topological polar surface area (TPSA) is 22.0 Å². The van der Waals surface area contributed by atoms with Gasteiger partial charge in [0.1, 0.15) is 0 Å². The number of hydrogen-bond donors (Lipinski definition) is 0. The minimum absolute atomic E-state index is 0.0569. The van der Waals surface area contributed by atoms with Gasteiger partial charge >= 0.3 is 0 Å². The average Bonchev–Trinajstić information content (AvgIpc) is 2.81. The van der Waals surface area contributed by atoms with E-state index in [9.17, 15) is 4.79 Å². The van der Waals surface area contributed by atoms with Crippen molar-refractivity contribution < 1.29 is 4.79 Å². The van der Waals surface area contributed by atoms with Crippen molar-refractivity contribution in [2.75, 3.05) is 0 Å². The number of rotatable bonds is 2. The summed E-state index contributed by atoms with van der Waals surface area (Å²) in [7, 11) is 0. The van der Waals surface area contributed by atoms with E-state index in [-0.39, 0.29) is 11.2 Å². The van der Waals surface area contributed by atoms with Gasteiger partial charge in [-0.15, -0.1) is 0 Å². The number of Topliss-reactive ketones (excluding diaryl/α,β-unsaturated/α-hetero) is 1. The number of fused-ring (bicyclic) bond motifs is 1. The zero-order valence-corrected chi connectivity index (χ0v) is 12.4. The molecular formula is C18H21NO. The third-order valence-electron chi connectivity index (χ3n) is 4.21. The first-order valence-electron chi connectivity index (χ1n) is 7.33. The minimum Gasteiger partial charge on any atom is -0.320 e. The first-order chi connectivity index (χ1) is 9.52. The summed E-state index contributed by atoms with van der Waals surface area (Å²) < 4.78 is 2.22. The SMILES string of the molecule is CCc1ccccc1-n1ccc2c1CC(C)(C)CC2=O. The fourth-order valence-electron chi connectivity index (χ4n) is 3.22. The predicted molar refractivity (Wildman–Crippen MR) is 81.6 cm³/mol. The third-order valence-corrected chi connectivity index (χ3v) is 4.21. The van der Waals surface area contributed by atoms with Crippen LogP contribution in [-0.2, 0) is 12.8 Å². The summed E-state index contributed by atoms with van der Waals surface area (Å²) in [6.07, 6.45) is 4.66. The second kappa shape index (κ2) is 4.62. The number of ketones is 1. The molecule has 0 atom stereocenters. The second-order valence-corrected chi connectivity index (χ2v) is 6.47. The van der Waals surface area contributed by atoms with Crippen molar-refractivity contribution in [1.82, 2.24) is 4.57 Å². The Labute approximate surface area is 120 Å². The molecule has 1 aromatic carbocycles. The van der Waals surface area contributed by atoms with Gasteiger partial charge in [0.25, 0.3) is 0 Å². The number of hydrogen-bond acceptors (Lipinski definition) is 1. The van der Waals surface area contributed by atoms with Gasteiger partial charge in [0.2, 0.25) is 0 Å². The van der Waals surface area contributed by atoms with E-state index >= 15 is 0 Å². The summed E-state index contributed by atoms with van der Waals surface area (Å²) in [4.78, 5) is 12.3. The molecule has 2 heteroatoms. The van der Waals surface area contributed by atoms with Crippen molar-refractivity contribution in [3.63, 3.8) is 0 Å². The van der Waals surface area contributed by atoms with E-state index in [1.165, 1.54) is 16.9 Å². The largest absolute Gasteiger partial charge is 0.320 e. The predicted octanol–water partition coefficient (Wildman–Crippen LogP) is 4.19. The molecular weight excluding hydrogens is 246 g/mol. The van der Waals surface area contributed by atoms with E-state index in [0.29, 0.717) is 6.42 Å². The van der Waals surface area contributed by atoms with E-state index in [2.05, 4.69) is 55.8 Å². The van der Waals surface area contributed by atoms with Gasteiger partial charge in [-0.05, 0) is 36.0 Å². The van der Waals surface area contributed by atoms with E-state index in [4.69, 9.17) is 0 Å². The Kier molecular flexibility index (Phi) is 3.04. The van der Waals surface area contributed by atoms with Gasteiger partial charge in [-0.2, -0.15) is 0 Å². The van der Waals surface area contributed by atoms with Crippen molar-refractivity contribution in [1.29, 1.82) is 0 Å². The number of carbonyl (C=O) groups excluding carboxylic acids is 1. The fraction of sp³-hybridized carbons (Fsp3) is 0.389. The molecule has 0 spiro atoms. The van der Waals surface area contributed by atoms with E-state index in [1.54, 1.807) is 0 Å². The third kappa shape index (κ3) is 2.09. The Morgan fingerprint density at radius 2 is 1.90 bits per heavy atom. The molecule has 0 radical (unpaired) electrons. The summed E-state index contributed by atoms with van der Waals surface area (Å²) >= 11 is 0. The number of nitrogens with zero attached hydrogens (tertiary/aromatic N) is 1. The maximum atomic E-state index is 12.3. The summed E-state index contributed by atoms with van der Waals surface area (Å²) in [5.41, 5.74) is 4.67. The van der Waals surface area contributed by atoms with Crippen molar-refractivity contribution in [3.8, 4) is 5.69 Å². The molecule has 0 aliphatic heterocycles. The number of carbonyl (C=O) groups is 1. The first kappa shape index (κ1) is 13.2. The molecule has 0 N–H and O–H groups in total. The van der Waals surface area contributed by atoms with Crippen LogP contribution in [0.1, 0.15) is 48.8 Å². The number of aromatic nitrogens is 1. The monoisotopic (exact) mass is 267 g/mol. The molecule has 104 valence electrons. The maximum Gasteiger partial charge on any atom is 0.165 e. The summed E-state index contributed by atoms with van der Waals surface area (Å²) in [5, 5.41) is 0. The molecule has 0 fully saturated rings. The molecule has 2 nitrogen and oxygen atoms in total. The Hall–Kier alpha value is -1.83. The minimum atomic E-state index is 0.0569. The Balaban J connectivity index is 2.16. The van der Waals surface area contributed by atoms with Crippen LogP contribution in [0.2, 0.25) is 0 Å². The van der Waals surface area contributed by atoms with Crippen LogP contribution >= 0.6 is 0 Å². The second-order valence-electron chi connectivity index (χ2n) is 6.47. The Morgan fingerprint density at radius 1 is 1.15 bits per heavy atom. The van der Waals surface area contributed by atoms with Crippen LogP contribution in [0.4, 0.5) is 0 Å². The van der Waals surface area contributed by atoms with Crippen LogP contribution in [-0.4, -0.2) is 10.4 Å². The van der Waals surface area contributed by atoms with Gasteiger partial charge in [-0.25, -0.2) is 0 Å². The molecule has 20 heavy (non-hydrogen) atoms. The van der Waals surface area contributed by atoms with Gasteiger partial charge in [0, 0.05) is 29.6 Å². The number of benzene rings is 1. The van der Waals surface area contributed by atoms with Gasteiger partial charge in [0.05, 0.1) is 0 Å². The quantitative estimate of drug-likeness (QED) is 0.799. The lowest BCUT2D eigenvalue weighted by molar-refractivity contribution is 0.0911. The highest BCUT2D eigenvalue weighted by Crippen LogP contribution is 2.36. The molecule has 1 aromatic heterocycles. The number of aryl methyl sites for hydroxylation is 1. The lowest BCUT2D eigenvalue weighted by Gasteiger charge is -2.30. The van der Waals surface area contributed by atoms with Crippen molar-refractivity contribution in [2.24, 2.45) is 5.41 Å². The molecule has 1 aliphatic carbocycles. The van der Waals surface area contributed by atoms with E-state index < -0.39 is 0 Å². The van der Waals surface area contributed by atoms with Crippen LogP contribution in [0.5, 0.6) is 0 Å². The molecule has 0 bridgehead atoms. The maximum absolute atomic E-state index is 12.3. The normalized spacial score (nSPS) is 17.1. The lowest BCUT2D eigenvalue weighted by Crippen LogP contribution is -2.27. The Bertz CT molecular complexity index is 664. The number of para-hydroxylation sites is 1. The van der Waals surface area contributed by atoms with Gasteiger partial charge in [-0.3, -0.25) is 4.79 Å². The lowest BCUT2D eigenvalue weighted by atomic mass is 9.76. The van der Waals surface area contributed by atoms with Gasteiger partial charge in [0.15, 0.2) is 5.78 Å². The molecule has 0 saturated carbocycles. The fourth-order valence-corrected chi connectivity index (χ4v) is 3.22. The smallest absolute Gasteiger partial charge is 0.165 e. The molecule has 2 aromatic rings. The van der Waals surface area contributed by atoms with Crippen LogP contribution in [0, 0.1) is 5.41 Å². The summed E-state index contributed by atoms with van der Waals surface area (Å²) in [6, 6.07) is 10.4. The summed E-state index contributed by atoms with van der Waals surface area (Å²) in [6.45, 7) is 6.53. The average molecular weight is 267 g/mol. The zero-order valence-electron chi connectivity index (χ0n) is 12.4. The summed E-state index contributed by atoms with van der Waals surface area (Å²) in [5.74, 6) is 0.281. The van der Waals surface area contributed by atoms with Crippen LogP contribution < -0.4 is 0 Å². The first-order valence-corrected chi connectivity index (χ1v) is 7.33. The van der Waals surface area contributed by atoms with E-state index in [1.807, 2.05) is 6.07 Å². The highest BCUT2D eigenvalue weighted by Gasteiger charge is 2.33. The standard InChI is InChI=1S/C18H21NO/c1-4-13-7-5-6-8-15(13)19-10-9-14-16(19)11-18(2,3)12-17(14)20/h5-10H,4,11-12H2,1-3H3. The molecule has 0 saturated heterocycles. The van der Waals surface area contributed by atoms with Crippen LogP contribution in [0.3, 0.4) is 0 Å². The van der Waals surface area contributed by atoms with Crippen molar-refractivity contribution in [3.05, 3.63) is 53.3 Å².